The lowest BCUT2D eigenvalue weighted by molar-refractivity contribution is -0.117. The highest BCUT2D eigenvalue weighted by atomic mass is 32.1. The highest BCUT2D eigenvalue weighted by Gasteiger charge is 2.17. The van der Waals surface area contributed by atoms with Crippen molar-refractivity contribution in [1.82, 2.24) is 0 Å². The van der Waals surface area contributed by atoms with Gasteiger partial charge in [-0.05, 0) is 12.1 Å². The fraction of sp³-hybridized carbons (Fsp3) is 0.273. The van der Waals surface area contributed by atoms with Gasteiger partial charge in [0.2, 0.25) is 5.76 Å². The zero-order chi connectivity index (χ0) is 13.0. The molecule has 18 heavy (non-hydrogen) atoms. The van der Waals surface area contributed by atoms with Gasteiger partial charge in [0.05, 0.1) is 12.1 Å². The number of hydrogen-bond donors (Lipinski definition) is 1. The number of carbonyl (C=O) groups excluding carboxylic acids is 2. The van der Waals surface area contributed by atoms with Crippen LogP contribution in [-0.4, -0.2) is 32.2 Å². The Balaban J connectivity index is 2.01. The fourth-order valence-corrected chi connectivity index (χ4v) is 2.10. The molecule has 1 aliphatic rings. The van der Waals surface area contributed by atoms with Crippen molar-refractivity contribution < 1.29 is 23.8 Å². The third kappa shape index (κ3) is 2.80. The minimum Gasteiger partial charge on any atom is -0.494 e. The zero-order valence-corrected chi connectivity index (χ0v) is 10.4. The van der Waals surface area contributed by atoms with Gasteiger partial charge in [0.15, 0.2) is 0 Å². The van der Waals surface area contributed by atoms with Gasteiger partial charge in [-0.1, -0.05) is 0 Å². The Morgan fingerprint density at radius 1 is 1.39 bits per heavy atom. The van der Waals surface area contributed by atoms with Gasteiger partial charge in [-0.2, -0.15) is 0 Å². The van der Waals surface area contributed by atoms with Gasteiger partial charge in [-0.15, -0.1) is 11.3 Å². The van der Waals surface area contributed by atoms with Crippen molar-refractivity contribution in [3.63, 3.8) is 0 Å². The van der Waals surface area contributed by atoms with Gasteiger partial charge < -0.3 is 19.5 Å². The molecular weight excluding hydrogens is 258 g/mol. The van der Waals surface area contributed by atoms with Crippen molar-refractivity contribution in [3.05, 3.63) is 29.0 Å². The van der Waals surface area contributed by atoms with Gasteiger partial charge in [0.25, 0.3) is 5.91 Å². The van der Waals surface area contributed by atoms with Gasteiger partial charge in [-0.25, -0.2) is 4.79 Å². The molecule has 2 heterocycles. The van der Waals surface area contributed by atoms with Crippen LogP contribution in [0.5, 0.6) is 0 Å². The molecule has 0 saturated heterocycles. The Hall–Kier alpha value is -2.02. The van der Waals surface area contributed by atoms with Crippen LogP contribution in [-0.2, 0) is 19.0 Å². The molecule has 2 rings (SSSR count). The fourth-order valence-electron chi connectivity index (χ4n) is 1.28. The number of anilines is 1. The number of nitrogens with one attached hydrogen (secondary N) is 1. The molecular formula is C11H11NO5S. The Bertz CT molecular complexity index is 493. The van der Waals surface area contributed by atoms with E-state index in [-0.39, 0.29) is 5.76 Å². The maximum absolute atomic E-state index is 11.7. The molecule has 0 fully saturated rings. The molecule has 0 saturated carbocycles. The van der Waals surface area contributed by atoms with Crippen LogP contribution in [0.2, 0.25) is 0 Å². The summed E-state index contributed by atoms with van der Waals surface area (Å²) in [6.07, 6.45) is 1.27. The van der Waals surface area contributed by atoms with Crippen LogP contribution in [0.25, 0.3) is 0 Å². The van der Waals surface area contributed by atoms with Gasteiger partial charge >= 0.3 is 5.97 Å². The summed E-state index contributed by atoms with van der Waals surface area (Å²) in [5.74, 6) is -0.723. The highest BCUT2D eigenvalue weighted by molar-refractivity contribution is 7.18. The van der Waals surface area contributed by atoms with E-state index in [1.807, 2.05) is 0 Å². The first-order valence-electron chi connectivity index (χ1n) is 5.15. The summed E-state index contributed by atoms with van der Waals surface area (Å²) in [6, 6.07) is 3.21. The predicted molar refractivity (Wildman–Crippen MR) is 64.3 cm³/mol. The number of carbonyl (C=O) groups is 2. The zero-order valence-electron chi connectivity index (χ0n) is 9.60. The SMILES string of the molecule is COC(=O)c1ccc(NC(=O)C2=COCCO2)s1. The lowest BCUT2D eigenvalue weighted by atomic mass is 10.4. The molecule has 0 unspecified atom stereocenters. The first-order chi connectivity index (χ1) is 8.70. The number of amides is 1. The normalized spacial score (nSPS) is 13.9. The lowest BCUT2D eigenvalue weighted by Crippen LogP contribution is -2.20. The Morgan fingerprint density at radius 2 is 2.22 bits per heavy atom. The smallest absolute Gasteiger partial charge is 0.348 e. The van der Waals surface area contributed by atoms with E-state index in [4.69, 9.17) is 9.47 Å². The standard InChI is InChI=1S/C11H11NO5S/c1-15-11(14)8-2-3-9(18-8)12-10(13)7-6-16-4-5-17-7/h2-3,6H,4-5H2,1H3,(H,12,13). The number of esters is 1. The van der Waals surface area contributed by atoms with E-state index in [1.54, 1.807) is 12.1 Å². The topological polar surface area (TPSA) is 73.9 Å². The second-order valence-corrected chi connectivity index (χ2v) is 4.39. The molecule has 6 nitrogen and oxygen atoms in total. The predicted octanol–water partition coefficient (Wildman–Crippen LogP) is 1.36. The number of rotatable bonds is 3. The van der Waals surface area contributed by atoms with E-state index in [0.29, 0.717) is 23.1 Å². The van der Waals surface area contributed by atoms with Crippen molar-refractivity contribution in [2.75, 3.05) is 25.6 Å². The Labute approximate surface area is 107 Å². The maximum atomic E-state index is 11.7. The van der Waals surface area contributed by atoms with E-state index in [9.17, 15) is 9.59 Å². The largest absolute Gasteiger partial charge is 0.494 e. The summed E-state index contributed by atoms with van der Waals surface area (Å²) in [6.45, 7) is 0.777. The van der Waals surface area contributed by atoms with Crippen LogP contribution in [0, 0.1) is 0 Å². The average molecular weight is 269 g/mol. The maximum Gasteiger partial charge on any atom is 0.348 e. The van der Waals surface area contributed by atoms with Crippen molar-refractivity contribution in [3.8, 4) is 0 Å². The summed E-state index contributed by atoms with van der Waals surface area (Å²) >= 11 is 1.13. The Kier molecular flexibility index (Phi) is 3.83. The van der Waals surface area contributed by atoms with Crippen LogP contribution in [0.3, 0.4) is 0 Å². The minimum atomic E-state index is -0.433. The average Bonchev–Trinajstić information content (AvgIpc) is 2.87. The van der Waals surface area contributed by atoms with Crippen LogP contribution < -0.4 is 5.32 Å². The Morgan fingerprint density at radius 3 is 2.89 bits per heavy atom. The van der Waals surface area contributed by atoms with E-state index in [1.165, 1.54) is 13.4 Å². The first kappa shape index (κ1) is 12.4. The van der Waals surface area contributed by atoms with E-state index in [2.05, 4.69) is 10.1 Å². The molecule has 0 atom stereocenters. The molecule has 96 valence electrons. The first-order valence-corrected chi connectivity index (χ1v) is 5.96. The summed E-state index contributed by atoms with van der Waals surface area (Å²) < 4.78 is 14.7. The van der Waals surface area contributed by atoms with Crippen molar-refractivity contribution in [2.24, 2.45) is 0 Å². The van der Waals surface area contributed by atoms with Crippen LogP contribution in [0.15, 0.2) is 24.2 Å². The molecule has 0 radical (unpaired) electrons. The number of methoxy groups -OCH3 is 1. The summed E-state index contributed by atoms with van der Waals surface area (Å²) in [5, 5.41) is 3.15. The number of hydrogen-bond acceptors (Lipinski definition) is 6. The van der Waals surface area contributed by atoms with E-state index < -0.39 is 11.9 Å². The molecule has 1 aromatic heterocycles. The number of ether oxygens (including phenoxy) is 3. The van der Waals surface area contributed by atoms with E-state index in [0.717, 1.165) is 11.3 Å². The monoisotopic (exact) mass is 269 g/mol. The molecule has 1 aliphatic heterocycles. The molecule has 0 aromatic carbocycles. The van der Waals surface area contributed by atoms with Crippen LogP contribution >= 0.6 is 11.3 Å². The third-order valence-corrected chi connectivity index (χ3v) is 3.08. The van der Waals surface area contributed by atoms with Crippen molar-refractivity contribution in [2.45, 2.75) is 0 Å². The third-order valence-electron chi connectivity index (χ3n) is 2.10. The molecule has 0 bridgehead atoms. The highest BCUT2D eigenvalue weighted by Crippen LogP contribution is 2.23. The van der Waals surface area contributed by atoms with Crippen LogP contribution in [0.1, 0.15) is 9.67 Å². The molecule has 0 spiro atoms. The van der Waals surface area contributed by atoms with Gasteiger partial charge in [0, 0.05) is 0 Å². The van der Waals surface area contributed by atoms with Crippen molar-refractivity contribution in [1.29, 1.82) is 0 Å². The van der Waals surface area contributed by atoms with Gasteiger partial charge in [-0.3, -0.25) is 4.79 Å². The van der Waals surface area contributed by atoms with E-state index >= 15 is 0 Å². The second-order valence-electron chi connectivity index (χ2n) is 3.31. The van der Waals surface area contributed by atoms with Gasteiger partial charge in [0.1, 0.15) is 24.4 Å². The minimum absolute atomic E-state index is 0.120. The summed E-state index contributed by atoms with van der Waals surface area (Å²) in [7, 11) is 1.30. The molecule has 0 aliphatic carbocycles. The van der Waals surface area contributed by atoms with Crippen molar-refractivity contribution >= 4 is 28.2 Å². The second kappa shape index (κ2) is 5.54. The lowest BCUT2D eigenvalue weighted by Gasteiger charge is -2.14. The molecule has 1 N–H and O–H groups in total. The van der Waals surface area contributed by atoms with Crippen LogP contribution in [0.4, 0.5) is 5.00 Å². The quantitative estimate of drug-likeness (QED) is 0.839. The number of thiophene rings is 1. The molecule has 1 amide bonds. The molecule has 1 aromatic rings. The summed E-state index contributed by atoms with van der Waals surface area (Å²) in [5.41, 5.74) is 0. The summed E-state index contributed by atoms with van der Waals surface area (Å²) in [4.78, 5) is 23.4. The molecule has 7 heteroatoms.